The van der Waals surface area contributed by atoms with E-state index in [2.05, 4.69) is 9.97 Å². The van der Waals surface area contributed by atoms with E-state index in [1.54, 1.807) is 42.9 Å². The molecule has 4 aromatic rings. The SMILES string of the molecule is O=C1C(=O)N(Cc2ccncc2)C(c2ccco2)/C1=C(/O)c1c[nH]c2ccccc12. The lowest BCUT2D eigenvalue weighted by Crippen LogP contribution is -2.29. The number of aromatic amines is 1. The Morgan fingerprint density at radius 2 is 1.90 bits per heavy atom. The molecule has 2 N–H and O–H groups in total. The number of fused-ring (bicyclic) bond motifs is 1. The molecule has 4 heterocycles. The van der Waals surface area contributed by atoms with Gasteiger partial charge in [0, 0.05) is 41.6 Å². The number of para-hydroxylation sites is 1. The van der Waals surface area contributed by atoms with Crippen molar-refractivity contribution >= 4 is 28.4 Å². The van der Waals surface area contributed by atoms with Gasteiger partial charge in [0.25, 0.3) is 11.7 Å². The number of rotatable bonds is 4. The van der Waals surface area contributed by atoms with Crippen molar-refractivity contribution < 1.29 is 19.1 Å². The van der Waals surface area contributed by atoms with Crippen LogP contribution in [-0.2, 0) is 16.1 Å². The third-order valence-electron chi connectivity index (χ3n) is 5.30. The van der Waals surface area contributed by atoms with E-state index < -0.39 is 17.7 Å². The van der Waals surface area contributed by atoms with Gasteiger partial charge in [-0.2, -0.15) is 0 Å². The summed E-state index contributed by atoms with van der Waals surface area (Å²) in [5.74, 6) is -1.25. The fraction of sp³-hybridized carbons (Fsp3) is 0.0870. The Morgan fingerprint density at radius 3 is 2.67 bits per heavy atom. The van der Waals surface area contributed by atoms with Crippen molar-refractivity contribution in [1.82, 2.24) is 14.9 Å². The molecular formula is C23H17N3O4. The Labute approximate surface area is 171 Å². The Morgan fingerprint density at radius 1 is 1.10 bits per heavy atom. The van der Waals surface area contributed by atoms with Gasteiger partial charge in [0.15, 0.2) is 0 Å². The second-order valence-electron chi connectivity index (χ2n) is 7.05. The second kappa shape index (κ2) is 7.04. The minimum Gasteiger partial charge on any atom is -0.507 e. The zero-order valence-electron chi connectivity index (χ0n) is 15.8. The van der Waals surface area contributed by atoms with Crippen LogP contribution in [0.1, 0.15) is 22.9 Å². The van der Waals surface area contributed by atoms with Crippen LogP contribution in [0.15, 0.2) is 83.4 Å². The molecule has 5 rings (SSSR count). The maximum atomic E-state index is 13.0. The quantitative estimate of drug-likeness (QED) is 0.309. The van der Waals surface area contributed by atoms with Crippen LogP contribution in [0, 0.1) is 0 Å². The van der Waals surface area contributed by atoms with Gasteiger partial charge in [-0.25, -0.2) is 0 Å². The predicted molar refractivity (Wildman–Crippen MR) is 109 cm³/mol. The van der Waals surface area contributed by atoms with Gasteiger partial charge in [-0.3, -0.25) is 14.6 Å². The van der Waals surface area contributed by atoms with Crippen LogP contribution in [0.3, 0.4) is 0 Å². The topological polar surface area (TPSA) is 99.4 Å². The molecule has 1 aliphatic heterocycles. The average molecular weight is 399 g/mol. The number of ketones is 1. The highest BCUT2D eigenvalue weighted by Gasteiger charge is 2.47. The molecule has 0 saturated carbocycles. The first kappa shape index (κ1) is 17.9. The molecule has 3 aromatic heterocycles. The third kappa shape index (κ3) is 2.79. The highest BCUT2D eigenvalue weighted by atomic mass is 16.3. The minimum atomic E-state index is -0.832. The number of carbonyl (C=O) groups excluding carboxylic acids is 2. The van der Waals surface area contributed by atoms with Crippen molar-refractivity contribution in [1.29, 1.82) is 0 Å². The van der Waals surface area contributed by atoms with E-state index in [1.807, 2.05) is 24.3 Å². The number of pyridine rings is 1. The molecule has 7 nitrogen and oxygen atoms in total. The Kier molecular flexibility index (Phi) is 4.21. The molecule has 1 atom stereocenters. The zero-order chi connectivity index (χ0) is 20.7. The number of nitrogens with zero attached hydrogens (tertiary/aromatic N) is 2. The van der Waals surface area contributed by atoms with Crippen LogP contribution in [0.4, 0.5) is 0 Å². The summed E-state index contributed by atoms with van der Waals surface area (Å²) in [6.07, 6.45) is 6.36. The van der Waals surface area contributed by atoms with Crippen LogP contribution in [0.2, 0.25) is 0 Å². The third-order valence-corrected chi connectivity index (χ3v) is 5.30. The van der Waals surface area contributed by atoms with Crippen LogP contribution in [-0.4, -0.2) is 31.7 Å². The van der Waals surface area contributed by atoms with E-state index in [4.69, 9.17) is 4.42 Å². The van der Waals surface area contributed by atoms with E-state index in [-0.39, 0.29) is 17.9 Å². The smallest absolute Gasteiger partial charge is 0.296 e. The second-order valence-corrected chi connectivity index (χ2v) is 7.05. The van der Waals surface area contributed by atoms with Crippen molar-refractivity contribution in [2.24, 2.45) is 0 Å². The molecule has 1 aromatic carbocycles. The molecule has 7 heteroatoms. The monoisotopic (exact) mass is 399 g/mol. The molecule has 0 bridgehead atoms. The van der Waals surface area contributed by atoms with Crippen molar-refractivity contribution in [3.05, 3.63) is 95.8 Å². The first-order chi connectivity index (χ1) is 14.6. The lowest BCUT2D eigenvalue weighted by Gasteiger charge is -2.23. The summed E-state index contributed by atoms with van der Waals surface area (Å²) in [4.78, 5) is 34.4. The molecule has 0 spiro atoms. The van der Waals surface area contributed by atoms with Gasteiger partial charge in [0.1, 0.15) is 17.6 Å². The van der Waals surface area contributed by atoms with E-state index in [9.17, 15) is 14.7 Å². The minimum absolute atomic E-state index is 0.00811. The van der Waals surface area contributed by atoms with Gasteiger partial charge in [0.05, 0.1) is 11.8 Å². The normalized spacial score (nSPS) is 18.4. The molecule has 1 saturated heterocycles. The maximum absolute atomic E-state index is 13.0. The predicted octanol–water partition coefficient (Wildman–Crippen LogP) is 3.78. The Hall–Kier alpha value is -4.13. The molecule has 0 radical (unpaired) electrons. The van der Waals surface area contributed by atoms with E-state index >= 15 is 0 Å². The highest BCUT2D eigenvalue weighted by Crippen LogP contribution is 2.41. The van der Waals surface area contributed by atoms with Crippen LogP contribution < -0.4 is 0 Å². The van der Waals surface area contributed by atoms with E-state index in [1.165, 1.54) is 11.2 Å². The number of aliphatic hydroxyl groups excluding tert-OH is 1. The fourth-order valence-electron chi connectivity index (χ4n) is 3.88. The van der Waals surface area contributed by atoms with Crippen molar-refractivity contribution in [3.63, 3.8) is 0 Å². The number of furan rings is 1. The van der Waals surface area contributed by atoms with Crippen molar-refractivity contribution in [2.45, 2.75) is 12.6 Å². The summed E-state index contributed by atoms with van der Waals surface area (Å²) < 4.78 is 5.56. The number of H-pyrrole nitrogens is 1. The van der Waals surface area contributed by atoms with Crippen LogP contribution in [0.25, 0.3) is 16.7 Å². The Balaban J connectivity index is 1.67. The number of aromatic nitrogens is 2. The van der Waals surface area contributed by atoms with Gasteiger partial charge in [0.2, 0.25) is 0 Å². The van der Waals surface area contributed by atoms with Crippen molar-refractivity contribution in [2.75, 3.05) is 0 Å². The molecule has 1 amide bonds. The van der Waals surface area contributed by atoms with Crippen LogP contribution >= 0.6 is 0 Å². The van der Waals surface area contributed by atoms with Gasteiger partial charge in [-0.15, -0.1) is 0 Å². The number of benzene rings is 1. The van der Waals surface area contributed by atoms with Gasteiger partial charge in [-0.05, 0) is 35.9 Å². The summed E-state index contributed by atoms with van der Waals surface area (Å²) in [6.45, 7) is 0.184. The number of aliphatic hydroxyl groups is 1. The van der Waals surface area contributed by atoms with E-state index in [0.717, 1.165) is 16.5 Å². The zero-order valence-corrected chi connectivity index (χ0v) is 15.8. The summed E-state index contributed by atoms with van der Waals surface area (Å²) in [5.41, 5.74) is 2.10. The molecule has 0 aliphatic carbocycles. The number of hydrogen-bond donors (Lipinski definition) is 2. The van der Waals surface area contributed by atoms with E-state index in [0.29, 0.717) is 11.3 Å². The summed E-state index contributed by atoms with van der Waals surface area (Å²) in [6, 6.07) is 13.5. The number of amides is 1. The van der Waals surface area contributed by atoms with Crippen molar-refractivity contribution in [3.8, 4) is 0 Å². The average Bonchev–Trinajstić information content (AvgIpc) is 3.49. The summed E-state index contributed by atoms with van der Waals surface area (Å²) >= 11 is 0. The largest absolute Gasteiger partial charge is 0.507 e. The molecule has 148 valence electrons. The lowest BCUT2D eigenvalue weighted by atomic mass is 9.99. The number of likely N-dealkylation sites (tertiary alicyclic amines) is 1. The fourth-order valence-corrected chi connectivity index (χ4v) is 3.88. The highest BCUT2D eigenvalue weighted by molar-refractivity contribution is 6.46. The first-order valence-electron chi connectivity index (χ1n) is 9.42. The molecular weight excluding hydrogens is 382 g/mol. The van der Waals surface area contributed by atoms with Gasteiger partial charge in [-0.1, -0.05) is 18.2 Å². The molecule has 1 aliphatic rings. The van der Waals surface area contributed by atoms with Gasteiger partial charge < -0.3 is 19.4 Å². The van der Waals surface area contributed by atoms with Gasteiger partial charge >= 0.3 is 0 Å². The Bertz CT molecular complexity index is 1270. The standard InChI is InChI=1S/C23H17N3O4/c27-21(16-12-25-17-5-2-1-4-15(16)17)19-20(18-6-3-11-30-18)26(23(29)22(19)28)13-14-7-9-24-10-8-14/h1-12,20,25,27H,13H2/b21-19-. The number of Topliss-reactive ketones (excluding diaryl/α,β-unsaturated/α-hetero) is 1. The number of nitrogens with one attached hydrogen (secondary N) is 1. The summed E-state index contributed by atoms with van der Waals surface area (Å²) in [7, 11) is 0. The molecule has 30 heavy (non-hydrogen) atoms. The molecule has 1 unspecified atom stereocenters. The lowest BCUT2D eigenvalue weighted by molar-refractivity contribution is -0.140. The maximum Gasteiger partial charge on any atom is 0.296 e. The van der Waals surface area contributed by atoms with Crippen LogP contribution in [0.5, 0.6) is 0 Å². The molecule has 1 fully saturated rings. The number of hydrogen-bond acceptors (Lipinski definition) is 5. The summed E-state index contributed by atoms with van der Waals surface area (Å²) in [5, 5.41) is 11.9. The first-order valence-corrected chi connectivity index (χ1v) is 9.42. The number of carbonyl (C=O) groups is 2.